The number of aliphatic hydroxyl groups is 1. The van der Waals surface area contributed by atoms with E-state index in [-0.39, 0.29) is 17.4 Å². The Hall–Kier alpha value is -1.38. The van der Waals surface area contributed by atoms with Crippen LogP contribution >= 0.6 is 0 Å². The molecule has 140 valence electrons. The van der Waals surface area contributed by atoms with Crippen molar-refractivity contribution >= 4 is 15.9 Å². The summed E-state index contributed by atoms with van der Waals surface area (Å²) in [5.74, 6) is -0.136. The molecule has 25 heavy (non-hydrogen) atoms. The highest BCUT2D eigenvalue weighted by Gasteiger charge is 2.44. The van der Waals surface area contributed by atoms with Crippen LogP contribution in [0.2, 0.25) is 0 Å². The third-order valence-electron chi connectivity index (χ3n) is 5.42. The lowest BCUT2D eigenvalue weighted by molar-refractivity contribution is 0.0787. The van der Waals surface area contributed by atoms with Crippen LogP contribution in [-0.2, 0) is 10.0 Å². The van der Waals surface area contributed by atoms with Crippen molar-refractivity contribution in [1.29, 1.82) is 0 Å². The number of carbonyl (C=O) groups excluding carboxylic acids is 1. The Bertz CT molecular complexity index is 724. The van der Waals surface area contributed by atoms with Gasteiger partial charge in [-0.25, -0.2) is 8.42 Å². The second kappa shape index (κ2) is 7.09. The number of carbonyl (C=O) groups is 1. The fourth-order valence-corrected chi connectivity index (χ4v) is 5.84. The molecule has 0 bridgehead atoms. The van der Waals surface area contributed by atoms with E-state index in [0.29, 0.717) is 25.1 Å². The Balaban J connectivity index is 1.81. The van der Waals surface area contributed by atoms with Gasteiger partial charge < -0.3 is 15.0 Å². The fourth-order valence-electron chi connectivity index (χ4n) is 3.98. The number of sulfonamides is 1. The van der Waals surface area contributed by atoms with E-state index in [4.69, 9.17) is 5.11 Å². The van der Waals surface area contributed by atoms with E-state index < -0.39 is 15.6 Å². The second-order valence-electron chi connectivity index (χ2n) is 7.25. The minimum Gasteiger partial charge on any atom is -0.396 e. The number of rotatable bonds is 6. The quantitative estimate of drug-likeness (QED) is 0.796. The van der Waals surface area contributed by atoms with Crippen LogP contribution < -0.4 is 0 Å². The van der Waals surface area contributed by atoms with Crippen LogP contribution in [0.5, 0.6) is 0 Å². The predicted molar refractivity (Wildman–Crippen MR) is 93.8 cm³/mol. The number of nitrogens with one attached hydrogen (secondary N) is 1. The van der Waals surface area contributed by atoms with E-state index in [2.05, 4.69) is 4.98 Å². The summed E-state index contributed by atoms with van der Waals surface area (Å²) in [4.78, 5) is 17.2. The number of hydrogen-bond acceptors (Lipinski definition) is 4. The van der Waals surface area contributed by atoms with E-state index in [9.17, 15) is 13.2 Å². The van der Waals surface area contributed by atoms with Gasteiger partial charge in [0.05, 0.1) is 0 Å². The van der Waals surface area contributed by atoms with Gasteiger partial charge in [-0.15, -0.1) is 0 Å². The first kappa shape index (κ1) is 18.4. The van der Waals surface area contributed by atoms with E-state index in [1.807, 2.05) is 6.92 Å². The molecule has 0 aromatic carbocycles. The van der Waals surface area contributed by atoms with Gasteiger partial charge in [-0.05, 0) is 51.5 Å². The summed E-state index contributed by atoms with van der Waals surface area (Å²) in [6.45, 7) is 3.93. The topological polar surface area (TPSA) is 93.7 Å². The standard InChI is InChI=1S/C17H27N3O4S/c1-17(7-5-11-21)6-4-10-20(17)25(23,24)14-12-15(18-13-14)16(22)19-8-2-3-9-19/h12-13,18,21H,2-11H2,1H3. The van der Waals surface area contributed by atoms with Gasteiger partial charge in [0.25, 0.3) is 5.91 Å². The molecule has 2 fully saturated rings. The first-order valence-corrected chi connectivity index (χ1v) is 10.4. The molecule has 0 radical (unpaired) electrons. The van der Waals surface area contributed by atoms with Crippen molar-refractivity contribution in [3.63, 3.8) is 0 Å². The second-order valence-corrected chi connectivity index (χ2v) is 9.12. The average molecular weight is 369 g/mol. The van der Waals surface area contributed by atoms with Gasteiger partial charge in [-0.3, -0.25) is 4.79 Å². The Labute approximate surface area is 149 Å². The van der Waals surface area contributed by atoms with E-state index in [0.717, 1.165) is 38.8 Å². The van der Waals surface area contributed by atoms with E-state index in [1.54, 1.807) is 9.21 Å². The van der Waals surface area contributed by atoms with Crippen molar-refractivity contribution in [3.8, 4) is 0 Å². The number of H-pyrrole nitrogens is 1. The summed E-state index contributed by atoms with van der Waals surface area (Å²) in [7, 11) is -3.66. The molecule has 7 nitrogen and oxygen atoms in total. The number of aromatic nitrogens is 1. The zero-order chi connectivity index (χ0) is 18.1. The summed E-state index contributed by atoms with van der Waals surface area (Å²) in [5, 5.41) is 9.10. The summed E-state index contributed by atoms with van der Waals surface area (Å²) in [5.41, 5.74) is -0.144. The van der Waals surface area contributed by atoms with E-state index >= 15 is 0 Å². The average Bonchev–Trinajstić information content (AvgIpc) is 3.32. The molecule has 1 unspecified atom stereocenters. The molecule has 1 atom stereocenters. The SMILES string of the molecule is CC1(CCCO)CCCN1S(=O)(=O)c1c[nH]c(C(=O)N2CCCC2)c1. The zero-order valence-corrected chi connectivity index (χ0v) is 15.5. The van der Waals surface area contributed by atoms with Crippen molar-refractivity contribution < 1.29 is 18.3 Å². The number of amides is 1. The highest BCUT2D eigenvalue weighted by molar-refractivity contribution is 7.89. The molecular formula is C17H27N3O4S. The summed E-state index contributed by atoms with van der Waals surface area (Å²) >= 11 is 0. The molecule has 2 N–H and O–H groups in total. The molecule has 3 rings (SSSR count). The number of hydrogen-bond donors (Lipinski definition) is 2. The Morgan fingerprint density at radius 2 is 2.00 bits per heavy atom. The molecule has 0 aliphatic carbocycles. The normalized spacial score (nSPS) is 25.0. The minimum absolute atomic E-state index is 0.0577. The van der Waals surface area contributed by atoms with Crippen LogP contribution in [0, 0.1) is 0 Å². The monoisotopic (exact) mass is 369 g/mol. The predicted octanol–water partition coefficient (Wildman–Crippen LogP) is 1.57. The summed E-state index contributed by atoms with van der Waals surface area (Å²) < 4.78 is 27.7. The molecule has 2 aliphatic rings. The molecule has 1 amide bonds. The van der Waals surface area contributed by atoms with Gasteiger partial charge >= 0.3 is 0 Å². The van der Waals surface area contributed by atoms with Crippen molar-refractivity contribution in [3.05, 3.63) is 18.0 Å². The van der Waals surface area contributed by atoms with Crippen LogP contribution in [0.1, 0.15) is 55.9 Å². The van der Waals surface area contributed by atoms with Crippen LogP contribution in [-0.4, -0.2) is 65.4 Å². The van der Waals surface area contributed by atoms with Gasteiger partial charge in [-0.1, -0.05) is 0 Å². The molecular weight excluding hydrogens is 342 g/mol. The molecule has 0 spiro atoms. The van der Waals surface area contributed by atoms with Crippen molar-refractivity contribution in [1.82, 2.24) is 14.2 Å². The van der Waals surface area contributed by atoms with Crippen molar-refractivity contribution in [2.45, 2.75) is 55.9 Å². The summed E-state index contributed by atoms with van der Waals surface area (Å²) in [6, 6.07) is 1.46. The van der Waals surface area contributed by atoms with Gasteiger partial charge in [0.2, 0.25) is 10.0 Å². The van der Waals surface area contributed by atoms with Crippen LogP contribution in [0.3, 0.4) is 0 Å². The first-order valence-electron chi connectivity index (χ1n) is 9.00. The first-order chi connectivity index (χ1) is 11.9. The lowest BCUT2D eigenvalue weighted by Gasteiger charge is -2.34. The van der Waals surface area contributed by atoms with Gasteiger partial charge in [0.15, 0.2) is 0 Å². The Morgan fingerprint density at radius 1 is 1.28 bits per heavy atom. The van der Waals surface area contributed by atoms with Gasteiger partial charge in [0.1, 0.15) is 10.6 Å². The lowest BCUT2D eigenvalue weighted by Crippen LogP contribution is -2.44. The zero-order valence-electron chi connectivity index (χ0n) is 14.7. The van der Waals surface area contributed by atoms with Crippen LogP contribution in [0.25, 0.3) is 0 Å². The number of aromatic amines is 1. The molecule has 1 aromatic heterocycles. The summed E-state index contributed by atoms with van der Waals surface area (Å²) in [6.07, 6.45) is 6.22. The van der Waals surface area contributed by atoms with Gasteiger partial charge in [0, 0.05) is 38.0 Å². The highest BCUT2D eigenvalue weighted by Crippen LogP contribution is 2.37. The minimum atomic E-state index is -3.66. The Kier molecular flexibility index (Phi) is 5.22. The maximum absolute atomic E-state index is 13.1. The maximum atomic E-state index is 13.1. The van der Waals surface area contributed by atoms with Crippen LogP contribution in [0.4, 0.5) is 0 Å². The van der Waals surface area contributed by atoms with Gasteiger partial charge in [-0.2, -0.15) is 4.31 Å². The number of nitrogens with zero attached hydrogens (tertiary/aromatic N) is 2. The third-order valence-corrected chi connectivity index (χ3v) is 7.46. The van der Waals surface area contributed by atoms with Crippen molar-refractivity contribution in [2.24, 2.45) is 0 Å². The van der Waals surface area contributed by atoms with Crippen molar-refractivity contribution in [2.75, 3.05) is 26.2 Å². The number of aliphatic hydroxyl groups excluding tert-OH is 1. The molecule has 8 heteroatoms. The van der Waals surface area contributed by atoms with Crippen LogP contribution in [0.15, 0.2) is 17.2 Å². The lowest BCUT2D eigenvalue weighted by atomic mass is 9.94. The number of likely N-dealkylation sites (tertiary alicyclic amines) is 1. The Morgan fingerprint density at radius 3 is 2.68 bits per heavy atom. The van der Waals surface area contributed by atoms with E-state index in [1.165, 1.54) is 12.3 Å². The third kappa shape index (κ3) is 3.47. The fraction of sp³-hybridized carbons (Fsp3) is 0.706. The largest absolute Gasteiger partial charge is 0.396 e. The maximum Gasteiger partial charge on any atom is 0.270 e. The highest BCUT2D eigenvalue weighted by atomic mass is 32.2. The smallest absolute Gasteiger partial charge is 0.270 e. The molecule has 1 aromatic rings. The molecule has 2 saturated heterocycles. The molecule has 0 saturated carbocycles. The molecule has 3 heterocycles. The molecule has 2 aliphatic heterocycles.